The Kier molecular flexibility index (Phi) is 4.72. The molecule has 1 atom stereocenters. The molecule has 0 saturated carbocycles. The van der Waals surface area contributed by atoms with Crippen LogP contribution in [0.15, 0.2) is 42.5 Å². The third-order valence-corrected chi connectivity index (χ3v) is 2.99. The van der Waals surface area contributed by atoms with E-state index in [1.54, 1.807) is 37.3 Å². The van der Waals surface area contributed by atoms with Gasteiger partial charge < -0.3 is 10.1 Å². The fourth-order valence-electron chi connectivity index (χ4n) is 1.95. The molecule has 2 aromatic carbocycles. The van der Waals surface area contributed by atoms with Gasteiger partial charge in [-0.1, -0.05) is 12.1 Å². The van der Waals surface area contributed by atoms with Crippen LogP contribution in [-0.2, 0) is 0 Å². The first-order valence-corrected chi connectivity index (χ1v) is 6.42. The standard InChI is InChI=1S/C16H14F2N2O/c1-11(14-3-2-4-15(17)16(14)18)20-12-5-7-13(8-6-12)21-10-9-19/h2-8,11,20H,10H2,1H3. The highest BCUT2D eigenvalue weighted by Gasteiger charge is 2.13. The van der Waals surface area contributed by atoms with Crippen molar-refractivity contribution in [3.8, 4) is 11.8 Å². The van der Waals surface area contributed by atoms with E-state index in [1.807, 2.05) is 6.07 Å². The minimum atomic E-state index is -0.860. The summed E-state index contributed by atoms with van der Waals surface area (Å²) < 4.78 is 32.0. The van der Waals surface area contributed by atoms with Crippen molar-refractivity contribution in [2.45, 2.75) is 13.0 Å². The number of hydrogen-bond donors (Lipinski definition) is 1. The van der Waals surface area contributed by atoms with E-state index in [2.05, 4.69) is 5.32 Å². The van der Waals surface area contributed by atoms with Crippen LogP contribution < -0.4 is 10.1 Å². The van der Waals surface area contributed by atoms with Crippen molar-refractivity contribution in [3.63, 3.8) is 0 Å². The number of nitriles is 1. The zero-order valence-corrected chi connectivity index (χ0v) is 11.4. The van der Waals surface area contributed by atoms with Crippen molar-refractivity contribution in [3.05, 3.63) is 59.7 Å². The van der Waals surface area contributed by atoms with Gasteiger partial charge in [-0.3, -0.25) is 0 Å². The molecular formula is C16H14F2N2O. The Morgan fingerprint density at radius 3 is 2.57 bits per heavy atom. The largest absolute Gasteiger partial charge is 0.479 e. The smallest absolute Gasteiger partial charge is 0.174 e. The molecule has 1 N–H and O–H groups in total. The van der Waals surface area contributed by atoms with Gasteiger partial charge in [0.25, 0.3) is 0 Å². The highest BCUT2D eigenvalue weighted by Crippen LogP contribution is 2.24. The van der Waals surface area contributed by atoms with Crippen molar-refractivity contribution < 1.29 is 13.5 Å². The van der Waals surface area contributed by atoms with Gasteiger partial charge in [0.05, 0.1) is 6.04 Å². The number of halogens is 2. The predicted molar refractivity (Wildman–Crippen MR) is 75.9 cm³/mol. The van der Waals surface area contributed by atoms with Crippen LogP contribution in [0.4, 0.5) is 14.5 Å². The maximum atomic E-state index is 13.7. The SMILES string of the molecule is CC(Nc1ccc(OCC#N)cc1)c1cccc(F)c1F. The van der Waals surface area contributed by atoms with Crippen LogP contribution in [0.25, 0.3) is 0 Å². The van der Waals surface area contributed by atoms with E-state index in [9.17, 15) is 8.78 Å². The average molecular weight is 288 g/mol. The van der Waals surface area contributed by atoms with Crippen molar-refractivity contribution in [2.75, 3.05) is 11.9 Å². The second kappa shape index (κ2) is 6.71. The van der Waals surface area contributed by atoms with Gasteiger partial charge in [-0.15, -0.1) is 0 Å². The molecule has 1 unspecified atom stereocenters. The van der Waals surface area contributed by atoms with E-state index >= 15 is 0 Å². The van der Waals surface area contributed by atoms with E-state index in [1.165, 1.54) is 6.07 Å². The number of nitrogens with zero attached hydrogens (tertiary/aromatic N) is 1. The number of nitrogens with one attached hydrogen (secondary N) is 1. The molecule has 5 heteroatoms. The highest BCUT2D eigenvalue weighted by atomic mass is 19.2. The first-order valence-electron chi connectivity index (χ1n) is 6.42. The Morgan fingerprint density at radius 1 is 1.19 bits per heavy atom. The molecule has 0 heterocycles. The van der Waals surface area contributed by atoms with Gasteiger partial charge in [0, 0.05) is 11.3 Å². The molecule has 0 radical (unpaired) electrons. The quantitative estimate of drug-likeness (QED) is 0.903. The van der Waals surface area contributed by atoms with Gasteiger partial charge in [0.15, 0.2) is 18.2 Å². The molecule has 108 valence electrons. The fourth-order valence-corrected chi connectivity index (χ4v) is 1.95. The molecule has 2 rings (SSSR count). The summed E-state index contributed by atoms with van der Waals surface area (Å²) in [6, 6.07) is 12.5. The molecule has 0 bridgehead atoms. The summed E-state index contributed by atoms with van der Waals surface area (Å²) in [5.74, 6) is -1.13. The number of anilines is 1. The molecule has 2 aromatic rings. The van der Waals surface area contributed by atoms with Crippen molar-refractivity contribution in [2.24, 2.45) is 0 Å². The lowest BCUT2D eigenvalue weighted by Gasteiger charge is -2.17. The van der Waals surface area contributed by atoms with Crippen LogP contribution in [-0.4, -0.2) is 6.61 Å². The van der Waals surface area contributed by atoms with Gasteiger partial charge in [0.1, 0.15) is 11.8 Å². The maximum absolute atomic E-state index is 13.7. The van der Waals surface area contributed by atoms with Gasteiger partial charge in [-0.2, -0.15) is 5.26 Å². The third-order valence-electron chi connectivity index (χ3n) is 2.99. The van der Waals surface area contributed by atoms with E-state index in [-0.39, 0.29) is 18.2 Å². The zero-order valence-electron chi connectivity index (χ0n) is 11.4. The molecule has 0 fully saturated rings. The Morgan fingerprint density at radius 2 is 1.90 bits per heavy atom. The Labute approximate surface area is 121 Å². The lowest BCUT2D eigenvalue weighted by atomic mass is 10.1. The normalized spacial score (nSPS) is 11.5. The number of hydrogen-bond acceptors (Lipinski definition) is 3. The van der Waals surface area contributed by atoms with E-state index < -0.39 is 11.6 Å². The van der Waals surface area contributed by atoms with Gasteiger partial charge in [0.2, 0.25) is 0 Å². The Hall–Kier alpha value is -2.61. The summed E-state index contributed by atoms with van der Waals surface area (Å²) in [7, 11) is 0. The minimum Gasteiger partial charge on any atom is -0.479 e. The number of benzene rings is 2. The fraction of sp³-hybridized carbons (Fsp3) is 0.188. The van der Waals surface area contributed by atoms with Gasteiger partial charge >= 0.3 is 0 Å². The second-order valence-corrected chi connectivity index (χ2v) is 4.48. The van der Waals surface area contributed by atoms with Crippen LogP contribution in [0.3, 0.4) is 0 Å². The lowest BCUT2D eigenvalue weighted by molar-refractivity contribution is 0.368. The van der Waals surface area contributed by atoms with E-state index in [4.69, 9.17) is 10.00 Å². The van der Waals surface area contributed by atoms with Crippen LogP contribution in [0.5, 0.6) is 5.75 Å². The van der Waals surface area contributed by atoms with Crippen LogP contribution >= 0.6 is 0 Å². The molecule has 21 heavy (non-hydrogen) atoms. The second-order valence-electron chi connectivity index (χ2n) is 4.48. The predicted octanol–water partition coefficient (Wildman–Crippen LogP) is 4.04. The van der Waals surface area contributed by atoms with E-state index in [0.29, 0.717) is 5.75 Å². The molecular weight excluding hydrogens is 274 g/mol. The first kappa shape index (κ1) is 14.8. The van der Waals surface area contributed by atoms with Crippen molar-refractivity contribution in [1.29, 1.82) is 5.26 Å². The number of ether oxygens (including phenoxy) is 1. The van der Waals surface area contributed by atoms with Crippen LogP contribution in [0, 0.1) is 23.0 Å². The maximum Gasteiger partial charge on any atom is 0.174 e. The van der Waals surface area contributed by atoms with Gasteiger partial charge in [-0.25, -0.2) is 8.78 Å². The summed E-state index contributed by atoms with van der Waals surface area (Å²) in [6.07, 6.45) is 0. The summed E-state index contributed by atoms with van der Waals surface area (Å²) in [5.41, 5.74) is 1.01. The Bertz CT molecular complexity index is 650. The minimum absolute atomic E-state index is 0.0162. The molecule has 0 saturated heterocycles. The Balaban J connectivity index is 2.07. The number of rotatable bonds is 5. The monoisotopic (exact) mass is 288 g/mol. The van der Waals surface area contributed by atoms with Crippen molar-refractivity contribution in [1.82, 2.24) is 0 Å². The molecule has 0 aliphatic heterocycles. The topological polar surface area (TPSA) is 45.0 Å². The highest BCUT2D eigenvalue weighted by molar-refractivity contribution is 5.48. The molecule has 0 spiro atoms. The third kappa shape index (κ3) is 3.69. The first-order chi connectivity index (χ1) is 10.1. The summed E-state index contributed by atoms with van der Waals surface area (Å²) in [6.45, 7) is 1.73. The average Bonchev–Trinajstić information content (AvgIpc) is 2.49. The zero-order chi connectivity index (χ0) is 15.2. The van der Waals surface area contributed by atoms with Crippen LogP contribution in [0.1, 0.15) is 18.5 Å². The van der Waals surface area contributed by atoms with Gasteiger partial charge in [-0.05, 0) is 37.3 Å². The molecule has 0 aliphatic carbocycles. The molecule has 0 aromatic heterocycles. The molecule has 0 aliphatic rings. The van der Waals surface area contributed by atoms with E-state index in [0.717, 1.165) is 11.8 Å². The van der Waals surface area contributed by atoms with Crippen LogP contribution in [0.2, 0.25) is 0 Å². The lowest BCUT2D eigenvalue weighted by Crippen LogP contribution is -2.09. The molecule has 0 amide bonds. The summed E-state index contributed by atoms with van der Waals surface area (Å²) in [4.78, 5) is 0. The molecule has 3 nitrogen and oxygen atoms in total. The summed E-state index contributed by atoms with van der Waals surface area (Å²) in [5, 5.41) is 11.5. The summed E-state index contributed by atoms with van der Waals surface area (Å²) >= 11 is 0. The van der Waals surface area contributed by atoms with Crippen molar-refractivity contribution >= 4 is 5.69 Å².